The van der Waals surface area contributed by atoms with E-state index < -0.39 is 16.1 Å². The van der Waals surface area contributed by atoms with Crippen LogP contribution < -0.4 is 14.4 Å². The van der Waals surface area contributed by atoms with Gasteiger partial charge in [-0.15, -0.1) is 0 Å². The number of amides is 1. The van der Waals surface area contributed by atoms with Crippen LogP contribution in [0, 0.1) is 6.92 Å². The van der Waals surface area contributed by atoms with Gasteiger partial charge in [-0.05, 0) is 55.2 Å². The summed E-state index contributed by atoms with van der Waals surface area (Å²) in [4.78, 5) is 12.8. The van der Waals surface area contributed by atoms with Gasteiger partial charge in [0.2, 0.25) is 10.0 Å². The summed E-state index contributed by atoms with van der Waals surface area (Å²) in [5.41, 5.74) is 2.77. The van der Waals surface area contributed by atoms with Gasteiger partial charge in [-0.1, -0.05) is 38.1 Å². The lowest BCUT2D eigenvalue weighted by Gasteiger charge is -2.24. The Bertz CT molecular complexity index is 926. The molecule has 2 rings (SSSR count). The molecule has 0 aliphatic carbocycles. The molecule has 0 heterocycles. The number of nitrogens with zero attached hydrogens (tertiary/aromatic N) is 1. The maximum atomic E-state index is 12.8. The summed E-state index contributed by atoms with van der Waals surface area (Å²) in [6.45, 7) is 5.97. The van der Waals surface area contributed by atoms with Gasteiger partial charge in [0, 0.05) is 7.05 Å². The molecule has 0 saturated carbocycles. The quantitative estimate of drug-likeness (QED) is 0.672. The molecule has 2 atom stereocenters. The van der Waals surface area contributed by atoms with Crippen LogP contribution in [0.2, 0.25) is 0 Å². The molecule has 0 aliphatic heterocycles. The number of sulfonamides is 1. The van der Waals surface area contributed by atoms with Crippen molar-refractivity contribution in [2.24, 2.45) is 0 Å². The average Bonchev–Trinajstić information content (AvgIpc) is 2.70. The van der Waals surface area contributed by atoms with Crippen LogP contribution in [0.4, 0.5) is 5.69 Å². The van der Waals surface area contributed by atoms with E-state index in [2.05, 4.69) is 5.32 Å². The van der Waals surface area contributed by atoms with Crippen LogP contribution in [0.1, 0.15) is 43.9 Å². The molecular formula is C22H30N2O4S. The Labute approximate surface area is 173 Å². The summed E-state index contributed by atoms with van der Waals surface area (Å²) >= 11 is 0. The first-order chi connectivity index (χ1) is 13.7. The third-order valence-electron chi connectivity index (χ3n) is 4.93. The number of aryl methyl sites for hydroxylation is 1. The van der Waals surface area contributed by atoms with Crippen LogP contribution in [-0.2, 0) is 14.8 Å². The fourth-order valence-corrected chi connectivity index (χ4v) is 3.56. The van der Waals surface area contributed by atoms with Crippen molar-refractivity contribution in [2.45, 2.75) is 45.8 Å². The number of hydrogen-bond donors (Lipinski definition) is 1. The van der Waals surface area contributed by atoms with E-state index in [0.29, 0.717) is 17.9 Å². The molecule has 7 heteroatoms. The van der Waals surface area contributed by atoms with Crippen molar-refractivity contribution in [2.75, 3.05) is 17.6 Å². The monoisotopic (exact) mass is 418 g/mol. The van der Waals surface area contributed by atoms with E-state index in [0.717, 1.165) is 23.8 Å². The van der Waals surface area contributed by atoms with Gasteiger partial charge in [-0.2, -0.15) is 0 Å². The zero-order chi connectivity index (χ0) is 21.6. The highest BCUT2D eigenvalue weighted by Crippen LogP contribution is 2.23. The Morgan fingerprint density at radius 3 is 2.21 bits per heavy atom. The maximum Gasteiger partial charge on any atom is 0.261 e. The van der Waals surface area contributed by atoms with Crippen molar-refractivity contribution in [1.29, 1.82) is 0 Å². The maximum absolute atomic E-state index is 12.8. The molecule has 2 aromatic carbocycles. The van der Waals surface area contributed by atoms with Crippen LogP contribution >= 0.6 is 0 Å². The van der Waals surface area contributed by atoms with Gasteiger partial charge < -0.3 is 10.1 Å². The second kappa shape index (κ2) is 9.78. The number of ether oxygens (including phenoxy) is 1. The molecule has 1 amide bonds. The van der Waals surface area contributed by atoms with Crippen molar-refractivity contribution < 1.29 is 17.9 Å². The van der Waals surface area contributed by atoms with Crippen LogP contribution in [0.3, 0.4) is 0 Å². The first-order valence-corrected chi connectivity index (χ1v) is 11.6. The van der Waals surface area contributed by atoms with Crippen molar-refractivity contribution in [1.82, 2.24) is 5.32 Å². The molecule has 0 aliphatic rings. The summed E-state index contributed by atoms with van der Waals surface area (Å²) in [6.07, 6.45) is 1.81. The van der Waals surface area contributed by atoms with Gasteiger partial charge in [-0.3, -0.25) is 9.10 Å². The molecule has 0 spiro atoms. The first kappa shape index (κ1) is 22.7. The van der Waals surface area contributed by atoms with Crippen molar-refractivity contribution in [3.05, 3.63) is 59.7 Å². The number of carbonyl (C=O) groups excluding carboxylic acids is 1. The fraction of sp³-hybridized carbons (Fsp3) is 0.409. The summed E-state index contributed by atoms with van der Waals surface area (Å²) in [7, 11) is -1.84. The lowest BCUT2D eigenvalue weighted by Crippen LogP contribution is -2.40. The van der Waals surface area contributed by atoms with Crippen LogP contribution in [0.15, 0.2) is 48.5 Å². The molecular weight excluding hydrogens is 388 g/mol. The molecule has 0 unspecified atom stereocenters. The van der Waals surface area contributed by atoms with E-state index in [1.807, 2.05) is 45.0 Å². The number of benzene rings is 2. The molecule has 158 valence electrons. The summed E-state index contributed by atoms with van der Waals surface area (Å²) in [5, 5.41) is 3.09. The second-order valence-electron chi connectivity index (χ2n) is 7.07. The topological polar surface area (TPSA) is 75.7 Å². The molecule has 0 aromatic heterocycles. The number of rotatable bonds is 9. The van der Waals surface area contributed by atoms with Crippen LogP contribution in [-0.4, -0.2) is 33.7 Å². The predicted octanol–water partition coefficient (Wildman–Crippen LogP) is 3.82. The van der Waals surface area contributed by atoms with Gasteiger partial charge in [-0.25, -0.2) is 8.42 Å². The lowest BCUT2D eigenvalue weighted by atomic mass is 9.99. The Morgan fingerprint density at radius 1 is 1.07 bits per heavy atom. The van der Waals surface area contributed by atoms with E-state index in [4.69, 9.17) is 4.74 Å². The number of carbonyl (C=O) groups is 1. The van der Waals surface area contributed by atoms with Gasteiger partial charge in [0.1, 0.15) is 5.75 Å². The first-order valence-electron chi connectivity index (χ1n) is 9.73. The highest BCUT2D eigenvalue weighted by Gasteiger charge is 2.23. The normalized spacial score (nSPS) is 13.4. The minimum atomic E-state index is -3.33. The third kappa shape index (κ3) is 5.97. The lowest BCUT2D eigenvalue weighted by molar-refractivity contribution is -0.128. The van der Waals surface area contributed by atoms with E-state index in [-0.39, 0.29) is 11.9 Å². The van der Waals surface area contributed by atoms with E-state index in [1.54, 1.807) is 24.3 Å². The van der Waals surface area contributed by atoms with E-state index in [1.165, 1.54) is 11.4 Å². The minimum absolute atomic E-state index is 0.0767. The molecule has 29 heavy (non-hydrogen) atoms. The molecule has 0 saturated heterocycles. The van der Waals surface area contributed by atoms with E-state index in [9.17, 15) is 13.2 Å². The Balaban J connectivity index is 2.09. The van der Waals surface area contributed by atoms with Crippen LogP contribution in [0.25, 0.3) is 0 Å². The molecule has 2 aromatic rings. The SMILES string of the molecule is CC[C@H](Oc1ccc(N(C)S(C)(=O)=O)cc1)C(=O)N[C@@H](CC)c1ccccc1C. The zero-order valence-electron chi connectivity index (χ0n) is 17.7. The fourth-order valence-electron chi connectivity index (χ4n) is 3.05. The largest absolute Gasteiger partial charge is 0.481 e. The molecule has 0 fully saturated rings. The zero-order valence-corrected chi connectivity index (χ0v) is 18.5. The van der Waals surface area contributed by atoms with Gasteiger partial charge in [0.05, 0.1) is 18.0 Å². The highest BCUT2D eigenvalue weighted by atomic mass is 32.2. The number of anilines is 1. The van der Waals surface area contributed by atoms with Crippen molar-refractivity contribution >= 4 is 21.6 Å². The van der Waals surface area contributed by atoms with Crippen molar-refractivity contribution in [3.8, 4) is 5.75 Å². The van der Waals surface area contributed by atoms with E-state index >= 15 is 0 Å². The minimum Gasteiger partial charge on any atom is -0.481 e. The van der Waals surface area contributed by atoms with Gasteiger partial charge in [0.25, 0.3) is 5.91 Å². The number of hydrogen-bond acceptors (Lipinski definition) is 4. The third-order valence-corrected chi connectivity index (χ3v) is 6.13. The molecule has 6 nitrogen and oxygen atoms in total. The summed E-state index contributed by atoms with van der Waals surface area (Å²) in [5.74, 6) is 0.349. The molecule has 1 N–H and O–H groups in total. The Morgan fingerprint density at radius 2 is 1.69 bits per heavy atom. The summed E-state index contributed by atoms with van der Waals surface area (Å²) in [6, 6.07) is 14.6. The summed E-state index contributed by atoms with van der Waals surface area (Å²) < 4.78 is 30.4. The second-order valence-corrected chi connectivity index (χ2v) is 9.08. The molecule has 0 radical (unpaired) electrons. The Hall–Kier alpha value is -2.54. The smallest absolute Gasteiger partial charge is 0.261 e. The highest BCUT2D eigenvalue weighted by molar-refractivity contribution is 7.92. The Kier molecular flexibility index (Phi) is 7.67. The number of nitrogens with one attached hydrogen (secondary N) is 1. The van der Waals surface area contributed by atoms with Gasteiger partial charge >= 0.3 is 0 Å². The standard InChI is InChI=1S/C22H30N2O4S/c1-6-20(19-11-9-8-10-16(19)3)23-22(25)21(7-2)28-18-14-12-17(13-15-18)24(4)29(5,26)27/h8-15,20-21H,6-7H2,1-5H3,(H,23,25)/t20-,21-/m0/s1. The molecule has 0 bridgehead atoms. The predicted molar refractivity (Wildman–Crippen MR) is 117 cm³/mol. The van der Waals surface area contributed by atoms with Gasteiger partial charge in [0.15, 0.2) is 6.10 Å². The van der Waals surface area contributed by atoms with Crippen molar-refractivity contribution in [3.63, 3.8) is 0 Å². The average molecular weight is 419 g/mol. The van der Waals surface area contributed by atoms with Crippen LogP contribution in [0.5, 0.6) is 5.75 Å².